The molecule has 0 bridgehead atoms. The minimum absolute atomic E-state index is 0.223. The number of aromatic nitrogens is 2. The molecule has 1 aromatic heterocycles. The van der Waals surface area contributed by atoms with Crippen molar-refractivity contribution in [2.24, 2.45) is 0 Å². The number of rotatable bonds is 6. The Kier molecular flexibility index (Phi) is 5.15. The molecule has 0 amide bonds. The van der Waals surface area contributed by atoms with E-state index in [-0.39, 0.29) is 5.82 Å². The maximum atomic E-state index is 11.5. The maximum absolute atomic E-state index is 11.5. The summed E-state index contributed by atoms with van der Waals surface area (Å²) in [7, 11) is 2.07. The number of hydrogen-bond donors (Lipinski definition) is 2. The minimum Gasteiger partial charge on any atom is -0.385 e. The van der Waals surface area contributed by atoms with Gasteiger partial charge in [-0.3, -0.25) is 14.3 Å². The van der Waals surface area contributed by atoms with Gasteiger partial charge in [-0.25, -0.2) is 4.79 Å². The molecule has 0 radical (unpaired) electrons. The highest BCUT2D eigenvalue weighted by molar-refractivity contribution is 5.25. The molecule has 3 N–H and O–H groups in total. The predicted octanol–water partition coefficient (Wildman–Crippen LogP) is 0.239. The van der Waals surface area contributed by atoms with Gasteiger partial charge in [0, 0.05) is 18.7 Å². The van der Waals surface area contributed by atoms with Gasteiger partial charge in [0.15, 0.2) is 0 Å². The lowest BCUT2D eigenvalue weighted by atomic mass is 10.2. The van der Waals surface area contributed by atoms with Gasteiger partial charge in [-0.05, 0) is 40.3 Å². The summed E-state index contributed by atoms with van der Waals surface area (Å²) in [6.07, 6.45) is 1.84. The van der Waals surface area contributed by atoms with Crippen LogP contribution in [0.5, 0.6) is 0 Å². The third kappa shape index (κ3) is 4.03. The molecule has 0 saturated heterocycles. The zero-order chi connectivity index (χ0) is 13.7. The van der Waals surface area contributed by atoms with E-state index in [1.165, 1.54) is 10.6 Å². The van der Waals surface area contributed by atoms with Crippen molar-refractivity contribution in [1.82, 2.24) is 14.5 Å². The number of unbranched alkanes of at least 4 members (excludes halogenated alkanes) is 1. The number of H-pyrrole nitrogens is 1. The van der Waals surface area contributed by atoms with Crippen molar-refractivity contribution >= 4 is 5.82 Å². The number of nitrogens with two attached hydrogens (primary N) is 1. The molecule has 0 unspecified atom stereocenters. The van der Waals surface area contributed by atoms with Crippen molar-refractivity contribution in [3.63, 3.8) is 0 Å². The van der Waals surface area contributed by atoms with Crippen molar-refractivity contribution in [2.45, 2.75) is 39.3 Å². The number of nitrogens with one attached hydrogen (secondary N) is 1. The Bertz CT molecular complexity index is 490. The lowest BCUT2D eigenvalue weighted by molar-refractivity contribution is 0.266. The van der Waals surface area contributed by atoms with Crippen LogP contribution in [0.15, 0.2) is 15.7 Å². The molecule has 6 nitrogen and oxygen atoms in total. The molecule has 1 rings (SSSR count). The van der Waals surface area contributed by atoms with E-state index in [1.807, 2.05) is 0 Å². The van der Waals surface area contributed by atoms with Gasteiger partial charge >= 0.3 is 5.69 Å². The average molecular weight is 254 g/mol. The van der Waals surface area contributed by atoms with E-state index in [9.17, 15) is 9.59 Å². The summed E-state index contributed by atoms with van der Waals surface area (Å²) in [5.74, 6) is 0.223. The molecule has 0 aliphatic heterocycles. The Morgan fingerprint density at radius 2 is 2.06 bits per heavy atom. The van der Waals surface area contributed by atoms with Gasteiger partial charge in [-0.1, -0.05) is 0 Å². The van der Waals surface area contributed by atoms with Crippen molar-refractivity contribution < 1.29 is 0 Å². The molecule has 18 heavy (non-hydrogen) atoms. The second-order valence-corrected chi connectivity index (χ2v) is 4.80. The predicted molar refractivity (Wildman–Crippen MR) is 72.7 cm³/mol. The van der Waals surface area contributed by atoms with Crippen molar-refractivity contribution in [2.75, 3.05) is 19.3 Å². The zero-order valence-electron chi connectivity index (χ0n) is 11.3. The summed E-state index contributed by atoms with van der Waals surface area (Å²) >= 11 is 0. The lowest BCUT2D eigenvalue weighted by Crippen LogP contribution is -2.32. The molecule has 0 spiro atoms. The van der Waals surface area contributed by atoms with E-state index in [1.54, 1.807) is 0 Å². The number of aromatic amines is 1. The van der Waals surface area contributed by atoms with Crippen molar-refractivity contribution in [1.29, 1.82) is 0 Å². The molecule has 0 fully saturated rings. The van der Waals surface area contributed by atoms with Crippen LogP contribution >= 0.6 is 0 Å². The summed E-state index contributed by atoms with van der Waals surface area (Å²) in [6.45, 7) is 5.80. The minimum atomic E-state index is -0.451. The Morgan fingerprint density at radius 3 is 2.61 bits per heavy atom. The van der Waals surface area contributed by atoms with Crippen LogP contribution in [-0.2, 0) is 6.54 Å². The molecular formula is C12H22N4O2. The van der Waals surface area contributed by atoms with Crippen LogP contribution in [0.25, 0.3) is 0 Å². The highest BCUT2D eigenvalue weighted by atomic mass is 16.2. The van der Waals surface area contributed by atoms with Gasteiger partial charge in [-0.15, -0.1) is 0 Å². The van der Waals surface area contributed by atoms with Gasteiger partial charge in [0.2, 0.25) is 0 Å². The third-order valence-electron chi connectivity index (χ3n) is 3.09. The maximum Gasteiger partial charge on any atom is 0.329 e. The summed E-state index contributed by atoms with van der Waals surface area (Å²) in [4.78, 5) is 27.0. The molecule has 0 saturated carbocycles. The first-order valence-corrected chi connectivity index (χ1v) is 6.21. The van der Waals surface area contributed by atoms with Crippen LogP contribution in [0.4, 0.5) is 5.82 Å². The normalized spacial score (nSPS) is 11.4. The first-order chi connectivity index (χ1) is 8.41. The fraction of sp³-hybridized carbons (Fsp3) is 0.667. The third-order valence-corrected chi connectivity index (χ3v) is 3.09. The van der Waals surface area contributed by atoms with Crippen molar-refractivity contribution in [3.05, 3.63) is 26.9 Å². The SMILES string of the molecule is CC(C)N(C)CCCCn1c(N)cc(=O)[nH]c1=O. The van der Waals surface area contributed by atoms with E-state index < -0.39 is 11.2 Å². The van der Waals surface area contributed by atoms with Gasteiger partial charge in [0.05, 0.1) is 0 Å². The van der Waals surface area contributed by atoms with Gasteiger partial charge < -0.3 is 10.6 Å². The molecule has 0 atom stereocenters. The van der Waals surface area contributed by atoms with Crippen LogP contribution in [0.1, 0.15) is 26.7 Å². The number of hydrogen-bond acceptors (Lipinski definition) is 4. The second kappa shape index (κ2) is 6.39. The Balaban J connectivity index is 2.50. The lowest BCUT2D eigenvalue weighted by Gasteiger charge is -2.20. The van der Waals surface area contributed by atoms with E-state index in [0.717, 1.165) is 19.4 Å². The van der Waals surface area contributed by atoms with Gasteiger partial charge in [0.25, 0.3) is 5.56 Å². The molecule has 1 heterocycles. The van der Waals surface area contributed by atoms with Gasteiger partial charge in [0.1, 0.15) is 5.82 Å². The second-order valence-electron chi connectivity index (χ2n) is 4.80. The van der Waals surface area contributed by atoms with E-state index >= 15 is 0 Å². The highest BCUT2D eigenvalue weighted by Crippen LogP contribution is 2.01. The fourth-order valence-electron chi connectivity index (χ4n) is 1.66. The van der Waals surface area contributed by atoms with Crippen LogP contribution in [0.3, 0.4) is 0 Å². The summed E-state index contributed by atoms with van der Waals surface area (Å²) in [6, 6.07) is 1.76. The molecule has 1 aromatic rings. The monoisotopic (exact) mass is 254 g/mol. The molecule has 0 aliphatic rings. The Hall–Kier alpha value is -1.56. The number of nitrogens with zero attached hydrogens (tertiary/aromatic N) is 2. The number of nitrogen functional groups attached to an aromatic ring is 1. The molecule has 0 aliphatic carbocycles. The average Bonchev–Trinajstić information content (AvgIpc) is 2.26. The first-order valence-electron chi connectivity index (χ1n) is 6.21. The molecular weight excluding hydrogens is 232 g/mol. The fourth-order valence-corrected chi connectivity index (χ4v) is 1.66. The van der Waals surface area contributed by atoms with Crippen LogP contribution in [0.2, 0.25) is 0 Å². The Labute approximate surface area is 106 Å². The summed E-state index contributed by atoms with van der Waals surface area (Å²) in [5.41, 5.74) is 4.76. The van der Waals surface area contributed by atoms with Crippen LogP contribution < -0.4 is 17.0 Å². The van der Waals surface area contributed by atoms with Crippen molar-refractivity contribution in [3.8, 4) is 0 Å². The van der Waals surface area contributed by atoms with Gasteiger partial charge in [-0.2, -0.15) is 0 Å². The molecule has 102 valence electrons. The highest BCUT2D eigenvalue weighted by Gasteiger charge is 2.04. The quantitative estimate of drug-likeness (QED) is 0.712. The van der Waals surface area contributed by atoms with E-state index in [0.29, 0.717) is 12.6 Å². The van der Waals surface area contributed by atoms with E-state index in [4.69, 9.17) is 5.73 Å². The summed E-state index contributed by atoms with van der Waals surface area (Å²) in [5, 5.41) is 0. The first kappa shape index (κ1) is 14.5. The number of anilines is 1. The summed E-state index contributed by atoms with van der Waals surface area (Å²) < 4.78 is 1.40. The smallest absolute Gasteiger partial charge is 0.329 e. The molecule has 6 heteroatoms. The van der Waals surface area contributed by atoms with E-state index in [2.05, 4.69) is 30.8 Å². The topological polar surface area (TPSA) is 84.1 Å². The van der Waals surface area contributed by atoms with Crippen LogP contribution in [0, 0.1) is 0 Å². The molecule has 0 aromatic carbocycles. The Morgan fingerprint density at radius 1 is 1.39 bits per heavy atom. The van der Waals surface area contributed by atoms with Crippen LogP contribution in [-0.4, -0.2) is 34.1 Å². The largest absolute Gasteiger partial charge is 0.385 e. The zero-order valence-corrected chi connectivity index (χ0v) is 11.3. The standard InChI is InChI=1S/C12H22N4O2/c1-9(2)15(3)6-4-5-7-16-10(13)8-11(17)14-12(16)18/h8-9H,4-7,13H2,1-3H3,(H,14,17,18).